The van der Waals surface area contributed by atoms with Crippen LogP contribution in [0.3, 0.4) is 0 Å². The van der Waals surface area contributed by atoms with Crippen LogP contribution in [-0.4, -0.2) is 39.0 Å². The first kappa shape index (κ1) is 43.4. The van der Waals surface area contributed by atoms with E-state index in [9.17, 15) is 4.79 Å². The fourth-order valence-electron chi connectivity index (χ4n) is 4.35. The molecular weight excluding hydrogens is 589 g/mol. The average molecular weight is 659 g/mol. The van der Waals surface area contributed by atoms with Crippen LogP contribution in [0.4, 0.5) is 0 Å². The summed E-state index contributed by atoms with van der Waals surface area (Å²) in [6, 6.07) is 0. The lowest BCUT2D eigenvalue weighted by atomic mass is 10.0. The van der Waals surface area contributed by atoms with Gasteiger partial charge in [0.1, 0.15) is 0 Å². The molecule has 0 aliphatic rings. The van der Waals surface area contributed by atoms with E-state index >= 15 is 0 Å². The van der Waals surface area contributed by atoms with Gasteiger partial charge in [0.2, 0.25) is 0 Å². The Morgan fingerprint density at radius 1 is 0.711 bits per heavy atom. The molecule has 0 amide bonds. The van der Waals surface area contributed by atoms with Crippen LogP contribution in [0.2, 0.25) is 18.1 Å². The van der Waals surface area contributed by atoms with E-state index in [-0.39, 0.29) is 11.0 Å². The van der Waals surface area contributed by atoms with Gasteiger partial charge in [-0.05, 0) is 128 Å². The predicted molar refractivity (Wildman–Crippen MR) is 206 cm³/mol. The first-order chi connectivity index (χ1) is 21.0. The Labute approximate surface area is 285 Å². The van der Waals surface area contributed by atoms with E-state index < -0.39 is 8.32 Å². The zero-order valence-corrected chi connectivity index (χ0v) is 33.5. The Kier molecular flexibility index (Phi) is 22.9. The number of esters is 1. The van der Waals surface area contributed by atoms with Crippen molar-refractivity contribution in [3.8, 4) is 0 Å². The van der Waals surface area contributed by atoms with Gasteiger partial charge < -0.3 is 9.16 Å². The quantitative estimate of drug-likeness (QED) is 0.0381. The molecule has 0 heterocycles. The number of carbonyl (C=O) groups is 1. The number of rotatable bonds is 22. The molecule has 45 heavy (non-hydrogen) atoms. The highest BCUT2D eigenvalue weighted by Crippen LogP contribution is 2.37. The standard InChI is InChI=1S/C40H70O3SSi/c1-32(2)20-16-23-36(7)25-17-24-34(5)21-14-15-22-35(6)26-18-27-37(30-43-45(12,13)40(8,9)10)28-19-29-38(39(41)42-11)31-44-33(3)4/h20-22,25,27,29,33H,14-19,23-24,26,28,30-31H2,1-13H3/b34-21+,35-22+,36-25+,37-27-,38-29-. The van der Waals surface area contributed by atoms with Crippen LogP contribution >= 0.6 is 11.8 Å². The smallest absolute Gasteiger partial charge is 0.334 e. The highest BCUT2D eigenvalue weighted by molar-refractivity contribution is 8.00. The topological polar surface area (TPSA) is 35.5 Å². The summed E-state index contributed by atoms with van der Waals surface area (Å²) in [5, 5.41) is 0.652. The normalized spacial score (nSPS) is 14.3. The fraction of sp³-hybridized carbons (Fsp3) is 0.675. The highest BCUT2D eigenvalue weighted by atomic mass is 32.2. The Morgan fingerprint density at radius 2 is 1.18 bits per heavy atom. The van der Waals surface area contributed by atoms with Gasteiger partial charge in [0.25, 0.3) is 0 Å². The molecule has 0 aliphatic carbocycles. The fourth-order valence-corrected chi connectivity index (χ4v) is 6.08. The molecule has 0 bridgehead atoms. The van der Waals surface area contributed by atoms with Gasteiger partial charge in [0.15, 0.2) is 8.32 Å². The van der Waals surface area contributed by atoms with E-state index in [0.29, 0.717) is 17.6 Å². The lowest BCUT2D eigenvalue weighted by molar-refractivity contribution is -0.136. The van der Waals surface area contributed by atoms with E-state index in [1.807, 2.05) is 0 Å². The first-order valence-electron chi connectivity index (χ1n) is 17.3. The van der Waals surface area contributed by atoms with Gasteiger partial charge in [0.05, 0.1) is 13.7 Å². The van der Waals surface area contributed by atoms with Crippen LogP contribution in [0, 0.1) is 0 Å². The van der Waals surface area contributed by atoms with Crippen molar-refractivity contribution in [2.24, 2.45) is 0 Å². The van der Waals surface area contributed by atoms with E-state index in [4.69, 9.17) is 9.16 Å². The van der Waals surface area contributed by atoms with Crippen molar-refractivity contribution in [3.05, 3.63) is 69.9 Å². The second kappa shape index (κ2) is 23.7. The maximum atomic E-state index is 12.3. The third kappa shape index (κ3) is 22.6. The summed E-state index contributed by atoms with van der Waals surface area (Å²) in [7, 11) is -0.381. The van der Waals surface area contributed by atoms with Crippen LogP contribution in [0.15, 0.2) is 69.9 Å². The maximum absolute atomic E-state index is 12.3. The number of hydrogen-bond donors (Lipinski definition) is 0. The molecular formula is C40H70O3SSi. The first-order valence-corrected chi connectivity index (χ1v) is 21.2. The molecule has 0 saturated carbocycles. The summed E-state index contributed by atoms with van der Waals surface area (Å²) in [4.78, 5) is 12.3. The molecule has 0 aliphatic heterocycles. The molecule has 0 atom stereocenters. The minimum Gasteiger partial charge on any atom is -0.466 e. The molecule has 0 radical (unpaired) electrons. The summed E-state index contributed by atoms with van der Waals surface area (Å²) in [6.45, 7) is 27.6. The Morgan fingerprint density at radius 3 is 1.64 bits per heavy atom. The largest absolute Gasteiger partial charge is 0.466 e. The van der Waals surface area contributed by atoms with E-state index in [2.05, 4.69) is 119 Å². The maximum Gasteiger partial charge on any atom is 0.334 e. The number of ether oxygens (including phenoxy) is 1. The summed E-state index contributed by atoms with van der Waals surface area (Å²) < 4.78 is 11.7. The van der Waals surface area contributed by atoms with Crippen molar-refractivity contribution in [3.63, 3.8) is 0 Å². The monoisotopic (exact) mass is 658 g/mol. The van der Waals surface area contributed by atoms with Crippen molar-refractivity contribution in [1.29, 1.82) is 0 Å². The van der Waals surface area contributed by atoms with Gasteiger partial charge in [0, 0.05) is 11.3 Å². The molecule has 5 heteroatoms. The molecule has 0 saturated heterocycles. The number of methoxy groups -OCH3 is 1. The third-order valence-electron chi connectivity index (χ3n) is 8.55. The van der Waals surface area contributed by atoms with Crippen LogP contribution in [-0.2, 0) is 14.0 Å². The van der Waals surface area contributed by atoms with Crippen LogP contribution in [0.25, 0.3) is 0 Å². The minimum absolute atomic E-state index is 0.178. The molecule has 3 nitrogen and oxygen atoms in total. The Balaban J connectivity index is 5.11. The van der Waals surface area contributed by atoms with Gasteiger partial charge >= 0.3 is 5.97 Å². The lowest BCUT2D eigenvalue weighted by Crippen LogP contribution is -2.41. The second-order valence-electron chi connectivity index (χ2n) is 14.7. The number of unbranched alkanes of at least 4 members (excludes halogenated alkanes) is 1. The van der Waals surface area contributed by atoms with E-state index in [1.165, 1.54) is 41.4 Å². The summed E-state index contributed by atoms with van der Waals surface area (Å²) in [6.07, 6.45) is 24.7. The number of carbonyl (C=O) groups excluding carboxylic acids is 1. The summed E-state index contributed by atoms with van der Waals surface area (Å²) >= 11 is 1.78. The van der Waals surface area contributed by atoms with Crippen LogP contribution in [0.5, 0.6) is 0 Å². The molecule has 0 aromatic carbocycles. The summed E-state index contributed by atoms with van der Waals surface area (Å²) in [5.74, 6) is 0.477. The molecule has 0 aromatic heterocycles. The molecule has 0 aromatic rings. The van der Waals surface area contributed by atoms with Crippen LogP contribution in [0.1, 0.15) is 133 Å². The second-order valence-corrected chi connectivity index (χ2v) is 21.0. The number of hydrogen-bond acceptors (Lipinski definition) is 4. The SMILES string of the molecule is COC(=O)/C(=C\CC/C(=C/CC/C(C)=C/CC/C=C(\C)CC/C=C(\C)CCC=C(C)C)CO[Si](C)(C)C(C)(C)C)CSC(C)C. The van der Waals surface area contributed by atoms with Gasteiger partial charge in [-0.25, -0.2) is 4.79 Å². The predicted octanol–water partition coefficient (Wildman–Crippen LogP) is 12.9. The third-order valence-corrected chi connectivity index (χ3v) is 14.2. The van der Waals surface area contributed by atoms with Gasteiger partial charge in [-0.2, -0.15) is 11.8 Å². The number of thioether (sulfide) groups is 1. The average Bonchev–Trinajstić information content (AvgIpc) is 2.94. The van der Waals surface area contributed by atoms with Crippen molar-refractivity contribution in [1.82, 2.24) is 0 Å². The molecule has 0 unspecified atom stereocenters. The molecule has 0 fully saturated rings. The van der Waals surface area contributed by atoms with Crippen LogP contribution < -0.4 is 0 Å². The zero-order valence-electron chi connectivity index (χ0n) is 31.7. The van der Waals surface area contributed by atoms with Gasteiger partial charge in [-0.1, -0.05) is 93.4 Å². The Bertz CT molecular complexity index is 1040. The van der Waals surface area contributed by atoms with Crippen molar-refractivity contribution in [2.75, 3.05) is 19.5 Å². The zero-order chi connectivity index (χ0) is 34.5. The summed E-state index contributed by atoms with van der Waals surface area (Å²) in [5.41, 5.74) is 7.97. The van der Waals surface area contributed by atoms with Gasteiger partial charge in [-0.15, -0.1) is 0 Å². The highest BCUT2D eigenvalue weighted by Gasteiger charge is 2.37. The van der Waals surface area contributed by atoms with E-state index in [1.54, 1.807) is 11.8 Å². The Hall–Kier alpha value is -1.56. The lowest BCUT2D eigenvalue weighted by Gasteiger charge is -2.36. The molecule has 0 rings (SSSR count). The number of allylic oxidation sites excluding steroid dienone is 10. The van der Waals surface area contributed by atoms with Gasteiger partial charge in [-0.3, -0.25) is 0 Å². The molecule has 0 spiro atoms. The molecule has 0 N–H and O–H groups in total. The van der Waals surface area contributed by atoms with E-state index in [0.717, 1.165) is 63.4 Å². The molecule has 258 valence electrons. The van der Waals surface area contributed by atoms with Crippen molar-refractivity contribution >= 4 is 26.0 Å². The van der Waals surface area contributed by atoms with Crippen molar-refractivity contribution < 1.29 is 14.0 Å². The minimum atomic E-state index is -1.85. The van der Waals surface area contributed by atoms with Crippen molar-refractivity contribution in [2.45, 2.75) is 157 Å².